The molecule has 2 aromatic heterocycles. The van der Waals surface area contributed by atoms with Gasteiger partial charge in [0.2, 0.25) is 5.75 Å². The number of rotatable bonds is 7. The fourth-order valence-corrected chi connectivity index (χ4v) is 3.76. The minimum Gasteiger partial charge on any atom is -0.483 e. The highest BCUT2D eigenvalue weighted by Crippen LogP contribution is 2.36. The molecular weight excluding hydrogens is 406 g/mol. The Balaban J connectivity index is 1.89. The van der Waals surface area contributed by atoms with Crippen LogP contribution in [0.15, 0.2) is 23.5 Å². The van der Waals surface area contributed by atoms with Crippen LogP contribution in [0.3, 0.4) is 0 Å². The van der Waals surface area contributed by atoms with Crippen LogP contribution in [0.5, 0.6) is 11.6 Å². The molecule has 30 heavy (non-hydrogen) atoms. The van der Waals surface area contributed by atoms with Crippen LogP contribution in [0.4, 0.5) is 11.5 Å². The van der Waals surface area contributed by atoms with Gasteiger partial charge in [0, 0.05) is 19.3 Å². The summed E-state index contributed by atoms with van der Waals surface area (Å²) in [5.41, 5.74) is 1.16. The van der Waals surface area contributed by atoms with E-state index in [2.05, 4.69) is 32.2 Å². The standard InChI is InChI=1S/C20H29N5O4S/c1-13(2)28-18-19(24-16-6-7-17(23-14(16)3)30(5,26)27)21-12-22-20(18)29-15-8-10-25(4)11-9-15/h6-7,12-13,15H,8-11H2,1-5H3,(H,21,22,24). The normalized spacial score (nSPS) is 15.9. The predicted molar refractivity (Wildman–Crippen MR) is 114 cm³/mol. The van der Waals surface area contributed by atoms with E-state index < -0.39 is 9.84 Å². The van der Waals surface area contributed by atoms with Crippen LogP contribution in [0, 0.1) is 6.92 Å². The largest absolute Gasteiger partial charge is 0.483 e. The van der Waals surface area contributed by atoms with Crippen molar-refractivity contribution >= 4 is 21.3 Å². The monoisotopic (exact) mass is 435 g/mol. The third kappa shape index (κ3) is 5.57. The second-order valence-electron chi connectivity index (χ2n) is 7.82. The van der Waals surface area contributed by atoms with Gasteiger partial charge in [0.15, 0.2) is 20.7 Å². The summed E-state index contributed by atoms with van der Waals surface area (Å²) >= 11 is 0. The number of aryl methyl sites for hydroxylation is 1. The molecule has 0 atom stereocenters. The molecule has 0 amide bonds. The van der Waals surface area contributed by atoms with Crippen molar-refractivity contribution in [2.24, 2.45) is 0 Å². The van der Waals surface area contributed by atoms with E-state index in [9.17, 15) is 8.42 Å². The van der Waals surface area contributed by atoms with E-state index in [0.29, 0.717) is 28.8 Å². The smallest absolute Gasteiger partial charge is 0.262 e. The fourth-order valence-electron chi connectivity index (χ4n) is 3.14. The molecule has 3 heterocycles. The molecule has 0 unspecified atom stereocenters. The summed E-state index contributed by atoms with van der Waals surface area (Å²) in [4.78, 5) is 15.1. The van der Waals surface area contributed by atoms with Gasteiger partial charge >= 0.3 is 0 Å². The number of nitrogens with zero attached hydrogens (tertiary/aromatic N) is 4. The van der Waals surface area contributed by atoms with E-state index in [1.165, 1.54) is 12.4 Å². The van der Waals surface area contributed by atoms with Gasteiger partial charge in [-0.15, -0.1) is 0 Å². The molecule has 0 aromatic carbocycles. The number of sulfone groups is 1. The number of hydrogen-bond acceptors (Lipinski definition) is 9. The highest BCUT2D eigenvalue weighted by Gasteiger charge is 2.23. The van der Waals surface area contributed by atoms with Gasteiger partial charge in [-0.1, -0.05) is 0 Å². The number of piperidine rings is 1. The highest BCUT2D eigenvalue weighted by atomic mass is 32.2. The Morgan fingerprint density at radius 1 is 1.20 bits per heavy atom. The topological polar surface area (TPSA) is 107 Å². The predicted octanol–water partition coefficient (Wildman–Crippen LogP) is 2.59. The summed E-state index contributed by atoms with van der Waals surface area (Å²) in [7, 11) is -1.28. The molecule has 2 aromatic rings. The minimum atomic E-state index is -3.38. The van der Waals surface area contributed by atoms with E-state index in [1.807, 2.05) is 13.8 Å². The van der Waals surface area contributed by atoms with E-state index in [1.54, 1.807) is 13.0 Å². The maximum absolute atomic E-state index is 11.7. The number of hydrogen-bond donors (Lipinski definition) is 1. The van der Waals surface area contributed by atoms with Crippen LogP contribution in [0.25, 0.3) is 0 Å². The Morgan fingerprint density at radius 3 is 2.50 bits per heavy atom. The molecule has 10 heteroatoms. The summed E-state index contributed by atoms with van der Waals surface area (Å²) in [6, 6.07) is 3.13. The summed E-state index contributed by atoms with van der Waals surface area (Å²) in [6.45, 7) is 7.52. The summed E-state index contributed by atoms with van der Waals surface area (Å²) in [6.07, 6.45) is 4.35. The first-order valence-electron chi connectivity index (χ1n) is 9.95. The van der Waals surface area contributed by atoms with Crippen LogP contribution < -0.4 is 14.8 Å². The Bertz CT molecular complexity index is 989. The van der Waals surface area contributed by atoms with Gasteiger partial charge in [0.1, 0.15) is 12.4 Å². The van der Waals surface area contributed by atoms with Crippen LogP contribution in [-0.4, -0.2) is 66.9 Å². The van der Waals surface area contributed by atoms with E-state index in [-0.39, 0.29) is 17.2 Å². The molecule has 164 valence electrons. The highest BCUT2D eigenvalue weighted by molar-refractivity contribution is 7.90. The lowest BCUT2D eigenvalue weighted by Gasteiger charge is -2.29. The van der Waals surface area contributed by atoms with Gasteiger partial charge < -0.3 is 19.7 Å². The van der Waals surface area contributed by atoms with Crippen molar-refractivity contribution < 1.29 is 17.9 Å². The zero-order valence-corrected chi connectivity index (χ0v) is 18.9. The van der Waals surface area contributed by atoms with Crippen LogP contribution in [0.2, 0.25) is 0 Å². The summed E-state index contributed by atoms with van der Waals surface area (Å²) in [5, 5.41) is 3.21. The first kappa shape index (κ1) is 22.2. The second kappa shape index (κ2) is 9.13. The molecule has 1 fully saturated rings. The van der Waals surface area contributed by atoms with Crippen molar-refractivity contribution in [1.29, 1.82) is 0 Å². The molecule has 0 bridgehead atoms. The van der Waals surface area contributed by atoms with Crippen LogP contribution in [0.1, 0.15) is 32.4 Å². The van der Waals surface area contributed by atoms with Crippen molar-refractivity contribution in [2.45, 2.75) is 50.8 Å². The zero-order valence-electron chi connectivity index (χ0n) is 18.0. The Morgan fingerprint density at radius 2 is 1.90 bits per heavy atom. The average molecular weight is 436 g/mol. The lowest BCUT2D eigenvalue weighted by atomic mass is 10.1. The lowest BCUT2D eigenvalue weighted by Crippen LogP contribution is -2.35. The number of aromatic nitrogens is 3. The molecule has 1 aliphatic heterocycles. The van der Waals surface area contributed by atoms with Gasteiger partial charge in [0.05, 0.1) is 17.5 Å². The first-order chi connectivity index (χ1) is 14.1. The third-order valence-electron chi connectivity index (χ3n) is 4.76. The SMILES string of the molecule is Cc1nc(S(C)(=O)=O)ccc1Nc1ncnc(OC2CCN(C)CC2)c1OC(C)C. The number of ether oxygens (including phenoxy) is 2. The van der Waals surface area contributed by atoms with E-state index >= 15 is 0 Å². The molecule has 0 aliphatic carbocycles. The lowest BCUT2D eigenvalue weighted by molar-refractivity contribution is 0.103. The molecular formula is C20H29N5O4S. The fraction of sp³-hybridized carbons (Fsp3) is 0.550. The quantitative estimate of drug-likeness (QED) is 0.702. The van der Waals surface area contributed by atoms with Gasteiger partial charge in [-0.05, 0) is 52.8 Å². The van der Waals surface area contributed by atoms with Crippen LogP contribution >= 0.6 is 0 Å². The average Bonchev–Trinajstić information content (AvgIpc) is 2.66. The molecule has 1 N–H and O–H groups in total. The molecule has 3 rings (SSSR count). The van der Waals surface area contributed by atoms with Gasteiger partial charge in [-0.3, -0.25) is 0 Å². The summed E-state index contributed by atoms with van der Waals surface area (Å²) in [5.74, 6) is 1.27. The second-order valence-corrected chi connectivity index (χ2v) is 9.79. The maximum Gasteiger partial charge on any atom is 0.262 e. The molecule has 0 saturated carbocycles. The van der Waals surface area contributed by atoms with E-state index in [4.69, 9.17) is 9.47 Å². The zero-order chi connectivity index (χ0) is 21.9. The van der Waals surface area contributed by atoms with Gasteiger partial charge in [0.25, 0.3) is 5.88 Å². The third-order valence-corrected chi connectivity index (χ3v) is 5.75. The van der Waals surface area contributed by atoms with Crippen molar-refractivity contribution in [3.05, 3.63) is 24.2 Å². The number of likely N-dealkylation sites (tertiary alicyclic amines) is 1. The molecule has 1 aliphatic rings. The van der Waals surface area contributed by atoms with E-state index in [0.717, 1.165) is 32.2 Å². The van der Waals surface area contributed by atoms with Gasteiger partial charge in [-0.2, -0.15) is 4.98 Å². The van der Waals surface area contributed by atoms with Crippen molar-refractivity contribution in [2.75, 3.05) is 31.7 Å². The van der Waals surface area contributed by atoms with Crippen molar-refractivity contribution in [3.8, 4) is 11.6 Å². The molecule has 0 spiro atoms. The Hall–Kier alpha value is -2.46. The molecule has 0 radical (unpaired) electrons. The Labute approximate surface area is 177 Å². The molecule has 9 nitrogen and oxygen atoms in total. The molecule has 1 saturated heterocycles. The van der Waals surface area contributed by atoms with Gasteiger partial charge in [-0.25, -0.2) is 18.4 Å². The van der Waals surface area contributed by atoms with Crippen molar-refractivity contribution in [3.63, 3.8) is 0 Å². The first-order valence-corrected chi connectivity index (χ1v) is 11.8. The minimum absolute atomic E-state index is 0.0261. The number of anilines is 2. The van der Waals surface area contributed by atoms with Crippen molar-refractivity contribution in [1.82, 2.24) is 19.9 Å². The van der Waals surface area contributed by atoms with Crippen LogP contribution in [-0.2, 0) is 9.84 Å². The maximum atomic E-state index is 11.7. The number of nitrogens with one attached hydrogen (secondary N) is 1. The number of pyridine rings is 1. The summed E-state index contributed by atoms with van der Waals surface area (Å²) < 4.78 is 35.6. The Kier molecular flexibility index (Phi) is 6.77.